The maximum atomic E-state index is 12.2. The quantitative estimate of drug-likeness (QED) is 0.539. The molecule has 0 unspecified atom stereocenters. The molecule has 0 fully saturated rings. The van der Waals surface area contributed by atoms with Gasteiger partial charge in [0.15, 0.2) is 12.4 Å². The highest BCUT2D eigenvalue weighted by molar-refractivity contribution is 7.19. The molecular formula is C19H17N5O3S. The molecular weight excluding hydrogens is 378 g/mol. The van der Waals surface area contributed by atoms with Crippen molar-refractivity contribution in [1.29, 1.82) is 0 Å². The number of methoxy groups -OCH3 is 1. The maximum absolute atomic E-state index is 12.2. The molecule has 28 heavy (non-hydrogen) atoms. The van der Waals surface area contributed by atoms with Gasteiger partial charge >= 0.3 is 0 Å². The second-order valence-corrected chi connectivity index (χ2v) is 6.90. The Labute approximate surface area is 164 Å². The van der Waals surface area contributed by atoms with Gasteiger partial charge in [0.1, 0.15) is 16.5 Å². The Balaban J connectivity index is 1.41. The first kappa shape index (κ1) is 17.9. The molecule has 9 heteroatoms. The van der Waals surface area contributed by atoms with Crippen LogP contribution in [0.3, 0.4) is 0 Å². The fourth-order valence-electron chi connectivity index (χ4n) is 2.58. The lowest BCUT2D eigenvalue weighted by Crippen LogP contribution is -2.20. The molecule has 0 aliphatic rings. The molecule has 0 spiro atoms. The fourth-order valence-corrected chi connectivity index (χ4v) is 3.46. The summed E-state index contributed by atoms with van der Waals surface area (Å²) in [6.07, 6.45) is 0. The van der Waals surface area contributed by atoms with E-state index in [9.17, 15) is 4.79 Å². The molecule has 4 aromatic rings. The van der Waals surface area contributed by atoms with Gasteiger partial charge in [0, 0.05) is 11.3 Å². The number of anilines is 1. The molecule has 1 amide bonds. The van der Waals surface area contributed by atoms with Gasteiger partial charge in [-0.15, -0.1) is 10.2 Å². The summed E-state index contributed by atoms with van der Waals surface area (Å²) in [5.74, 6) is 1.81. The largest absolute Gasteiger partial charge is 0.497 e. The molecule has 0 saturated heterocycles. The normalized spacial score (nSPS) is 10.8. The van der Waals surface area contributed by atoms with Gasteiger partial charge in [0.05, 0.1) is 7.11 Å². The SMILES string of the molecule is COc1ccc(OCC(=O)Nc2cccc(-c3nn4c(C)nnc4s3)c2)cc1. The van der Waals surface area contributed by atoms with Crippen LogP contribution in [0.15, 0.2) is 48.5 Å². The van der Waals surface area contributed by atoms with Crippen molar-refractivity contribution in [1.82, 2.24) is 19.8 Å². The average molecular weight is 395 g/mol. The van der Waals surface area contributed by atoms with E-state index in [4.69, 9.17) is 9.47 Å². The molecule has 2 heterocycles. The molecule has 2 aromatic heterocycles. The zero-order valence-electron chi connectivity index (χ0n) is 15.2. The number of nitrogens with one attached hydrogen (secondary N) is 1. The van der Waals surface area contributed by atoms with Crippen molar-refractivity contribution < 1.29 is 14.3 Å². The van der Waals surface area contributed by atoms with Gasteiger partial charge in [0.25, 0.3) is 5.91 Å². The van der Waals surface area contributed by atoms with Crippen LogP contribution in [0.25, 0.3) is 15.5 Å². The zero-order valence-corrected chi connectivity index (χ0v) is 16.1. The van der Waals surface area contributed by atoms with E-state index in [1.165, 1.54) is 11.3 Å². The van der Waals surface area contributed by atoms with Crippen molar-refractivity contribution in [3.05, 3.63) is 54.4 Å². The summed E-state index contributed by atoms with van der Waals surface area (Å²) in [4.78, 5) is 12.9. The minimum absolute atomic E-state index is 0.0908. The number of amides is 1. The van der Waals surface area contributed by atoms with E-state index in [2.05, 4.69) is 20.6 Å². The summed E-state index contributed by atoms with van der Waals surface area (Å²) in [7, 11) is 1.60. The Morgan fingerprint density at radius 2 is 1.93 bits per heavy atom. The van der Waals surface area contributed by atoms with Gasteiger partial charge in [-0.1, -0.05) is 23.5 Å². The van der Waals surface area contributed by atoms with Crippen LogP contribution in [0, 0.1) is 6.92 Å². The molecule has 142 valence electrons. The van der Waals surface area contributed by atoms with Crippen molar-refractivity contribution in [2.75, 3.05) is 19.0 Å². The minimum Gasteiger partial charge on any atom is -0.497 e. The molecule has 0 aliphatic carbocycles. The molecule has 2 aromatic carbocycles. The summed E-state index contributed by atoms with van der Waals surface area (Å²) in [6, 6.07) is 14.5. The van der Waals surface area contributed by atoms with Crippen LogP contribution < -0.4 is 14.8 Å². The van der Waals surface area contributed by atoms with Crippen molar-refractivity contribution in [3.8, 4) is 22.1 Å². The van der Waals surface area contributed by atoms with Gasteiger partial charge in [-0.25, -0.2) is 0 Å². The van der Waals surface area contributed by atoms with E-state index >= 15 is 0 Å². The summed E-state index contributed by atoms with van der Waals surface area (Å²) in [5.41, 5.74) is 1.56. The molecule has 0 saturated carbocycles. The number of hydrogen-bond donors (Lipinski definition) is 1. The van der Waals surface area contributed by atoms with Crippen LogP contribution in [0.1, 0.15) is 5.82 Å². The van der Waals surface area contributed by atoms with Crippen LogP contribution >= 0.6 is 11.3 Å². The second-order valence-electron chi connectivity index (χ2n) is 5.94. The number of rotatable bonds is 6. The van der Waals surface area contributed by atoms with Gasteiger partial charge in [-0.2, -0.15) is 9.61 Å². The Kier molecular flexibility index (Phi) is 4.90. The van der Waals surface area contributed by atoms with Crippen molar-refractivity contribution in [2.24, 2.45) is 0 Å². The Bertz CT molecular complexity index is 1120. The lowest BCUT2D eigenvalue weighted by Gasteiger charge is -2.09. The minimum atomic E-state index is -0.248. The molecule has 8 nitrogen and oxygen atoms in total. The zero-order chi connectivity index (χ0) is 19.5. The average Bonchev–Trinajstić information content (AvgIpc) is 3.29. The van der Waals surface area contributed by atoms with E-state index in [-0.39, 0.29) is 12.5 Å². The summed E-state index contributed by atoms with van der Waals surface area (Å²) >= 11 is 1.44. The van der Waals surface area contributed by atoms with E-state index in [0.717, 1.165) is 27.1 Å². The number of aryl methyl sites for hydroxylation is 1. The monoisotopic (exact) mass is 395 g/mol. The third-order valence-corrected chi connectivity index (χ3v) is 4.92. The van der Waals surface area contributed by atoms with E-state index < -0.39 is 0 Å². The number of carbonyl (C=O) groups excluding carboxylic acids is 1. The number of benzene rings is 2. The van der Waals surface area contributed by atoms with Crippen molar-refractivity contribution in [2.45, 2.75) is 6.92 Å². The lowest BCUT2D eigenvalue weighted by molar-refractivity contribution is -0.118. The third-order valence-electron chi connectivity index (χ3n) is 3.97. The van der Waals surface area contributed by atoms with Gasteiger partial charge in [0.2, 0.25) is 4.96 Å². The van der Waals surface area contributed by atoms with Crippen LogP contribution in [0.4, 0.5) is 5.69 Å². The number of ether oxygens (including phenoxy) is 2. The van der Waals surface area contributed by atoms with Crippen molar-refractivity contribution in [3.63, 3.8) is 0 Å². The van der Waals surface area contributed by atoms with Crippen molar-refractivity contribution >= 4 is 27.9 Å². The number of fused-ring (bicyclic) bond motifs is 1. The van der Waals surface area contributed by atoms with E-state index in [1.54, 1.807) is 35.9 Å². The molecule has 0 atom stereocenters. The summed E-state index contributed by atoms with van der Waals surface area (Å²) in [5, 5.41) is 16.2. The fraction of sp³-hybridized carbons (Fsp3) is 0.158. The smallest absolute Gasteiger partial charge is 0.262 e. The number of hydrogen-bond acceptors (Lipinski definition) is 7. The number of carbonyl (C=O) groups is 1. The molecule has 0 bridgehead atoms. The van der Waals surface area contributed by atoms with E-state index in [1.807, 2.05) is 31.2 Å². The highest BCUT2D eigenvalue weighted by atomic mass is 32.1. The van der Waals surface area contributed by atoms with Crippen LogP contribution in [0.5, 0.6) is 11.5 Å². The van der Waals surface area contributed by atoms with Crippen LogP contribution in [0.2, 0.25) is 0 Å². The van der Waals surface area contributed by atoms with E-state index in [0.29, 0.717) is 11.4 Å². The predicted octanol–water partition coefficient (Wildman–Crippen LogP) is 3.19. The van der Waals surface area contributed by atoms with Crippen LogP contribution in [-0.4, -0.2) is 39.4 Å². The maximum Gasteiger partial charge on any atom is 0.262 e. The predicted molar refractivity (Wildman–Crippen MR) is 106 cm³/mol. The summed E-state index contributed by atoms with van der Waals surface area (Å²) in [6.45, 7) is 1.76. The first-order chi connectivity index (χ1) is 13.6. The molecule has 0 aliphatic heterocycles. The highest BCUT2D eigenvalue weighted by Crippen LogP contribution is 2.27. The first-order valence-corrected chi connectivity index (χ1v) is 9.30. The topological polar surface area (TPSA) is 90.6 Å². The Morgan fingerprint density at radius 1 is 1.14 bits per heavy atom. The highest BCUT2D eigenvalue weighted by Gasteiger charge is 2.11. The van der Waals surface area contributed by atoms with Gasteiger partial charge in [-0.05, 0) is 43.3 Å². The lowest BCUT2D eigenvalue weighted by atomic mass is 10.2. The molecule has 1 N–H and O–H groups in total. The number of nitrogens with zero attached hydrogens (tertiary/aromatic N) is 4. The first-order valence-electron chi connectivity index (χ1n) is 8.48. The standard InChI is InChI=1S/C19H17N5O3S/c1-12-21-22-19-24(12)23-18(28-19)13-4-3-5-14(10-13)20-17(25)11-27-16-8-6-15(26-2)7-9-16/h3-10H,11H2,1-2H3,(H,20,25). The van der Waals surface area contributed by atoms with Gasteiger partial charge < -0.3 is 14.8 Å². The number of aromatic nitrogens is 4. The van der Waals surface area contributed by atoms with Gasteiger partial charge in [-0.3, -0.25) is 4.79 Å². The third kappa shape index (κ3) is 3.79. The molecule has 4 rings (SSSR count). The summed E-state index contributed by atoms with van der Waals surface area (Å²) < 4.78 is 12.3. The molecule has 0 radical (unpaired) electrons. The Morgan fingerprint density at radius 3 is 2.68 bits per heavy atom. The van der Waals surface area contributed by atoms with Crippen LogP contribution in [-0.2, 0) is 4.79 Å². The Hall–Kier alpha value is -3.46. The second kappa shape index (κ2) is 7.65.